The summed E-state index contributed by atoms with van der Waals surface area (Å²) in [6, 6.07) is 0. The molecule has 12 heavy (non-hydrogen) atoms. The normalized spacial score (nSPS) is 20.5. The van der Waals surface area contributed by atoms with Crippen LogP contribution in [0, 0.1) is 0 Å². The molecule has 2 N–H and O–H groups in total. The molecule has 2 heterocycles. The molecule has 0 spiro atoms. The van der Waals surface area contributed by atoms with Crippen LogP contribution in [0.2, 0.25) is 0 Å². The van der Waals surface area contributed by atoms with Crippen LogP contribution in [0.3, 0.4) is 0 Å². The minimum atomic E-state index is 0.468. The Morgan fingerprint density at radius 2 is 2.33 bits per heavy atom. The average molecular weight is 164 g/mol. The predicted octanol–water partition coefficient (Wildman–Crippen LogP) is 0.424. The van der Waals surface area contributed by atoms with Gasteiger partial charge in [-0.15, -0.1) is 0 Å². The van der Waals surface area contributed by atoms with Gasteiger partial charge in [-0.05, 0) is 6.92 Å². The number of amidine groups is 1. The lowest BCUT2D eigenvalue weighted by Crippen LogP contribution is -2.36. The highest BCUT2D eigenvalue weighted by Gasteiger charge is 2.18. The molecule has 0 amide bonds. The Labute approximate surface area is 69.4 Å². The van der Waals surface area contributed by atoms with E-state index in [1.807, 2.05) is 6.92 Å². The predicted molar refractivity (Wildman–Crippen MR) is 44.5 cm³/mol. The highest BCUT2D eigenvalue weighted by molar-refractivity contribution is 6.05. The molecule has 0 aromatic rings. The second-order valence-corrected chi connectivity index (χ2v) is 2.54. The van der Waals surface area contributed by atoms with Gasteiger partial charge in [0.15, 0.2) is 5.84 Å². The summed E-state index contributed by atoms with van der Waals surface area (Å²) in [5.41, 5.74) is 1.63. The molecule has 62 valence electrons. The van der Waals surface area contributed by atoms with Crippen molar-refractivity contribution in [1.29, 1.82) is 0 Å². The first-order valence-electron chi connectivity index (χ1n) is 3.51. The molecule has 0 atom stereocenters. The zero-order chi connectivity index (χ0) is 8.55. The van der Waals surface area contributed by atoms with Crippen LogP contribution in [0.25, 0.3) is 0 Å². The van der Waals surface area contributed by atoms with Crippen LogP contribution in [0.1, 0.15) is 6.92 Å². The number of fused-ring (bicyclic) bond motifs is 1. The van der Waals surface area contributed by atoms with E-state index in [2.05, 4.69) is 15.3 Å². The molecule has 0 unspecified atom stereocenters. The van der Waals surface area contributed by atoms with Crippen LogP contribution in [0.4, 0.5) is 0 Å². The summed E-state index contributed by atoms with van der Waals surface area (Å²) < 4.78 is 0. The molecule has 0 aromatic heterocycles. The number of hydrogen-bond acceptors (Lipinski definition) is 5. The van der Waals surface area contributed by atoms with Gasteiger partial charge in [-0.3, -0.25) is 5.21 Å². The Hall–Kier alpha value is -1.62. The smallest absolute Gasteiger partial charge is 0.184 e. The third-order valence-electron chi connectivity index (χ3n) is 1.55. The zero-order valence-electron chi connectivity index (χ0n) is 6.52. The van der Waals surface area contributed by atoms with Crippen molar-refractivity contribution in [3.8, 4) is 0 Å². The fraction of sp³-hybridized carbons (Fsp3) is 0.143. The molecule has 5 nitrogen and oxygen atoms in total. The third kappa shape index (κ3) is 0.998. The number of aliphatic imine (C=N–C) groups is 2. The van der Waals surface area contributed by atoms with E-state index < -0.39 is 0 Å². The quantitative estimate of drug-likeness (QED) is 0.545. The number of rotatable bonds is 0. The molecule has 0 aromatic carbocycles. The molecule has 2 rings (SSSR count). The maximum absolute atomic E-state index is 9.23. The van der Waals surface area contributed by atoms with Gasteiger partial charge in [0, 0.05) is 11.9 Å². The van der Waals surface area contributed by atoms with Gasteiger partial charge in [-0.2, -0.15) is 5.06 Å². The molecule has 0 fully saturated rings. The van der Waals surface area contributed by atoms with Crippen molar-refractivity contribution in [2.24, 2.45) is 9.98 Å². The Bertz CT molecular complexity index is 326. The molecule has 0 saturated carbocycles. The SMILES string of the molecule is CC1=CN=C2C(=CN=CN2O)N1. The second kappa shape index (κ2) is 2.46. The lowest BCUT2D eigenvalue weighted by molar-refractivity contribution is 0.0686. The standard InChI is InChI=1S/C7H8N4O/c1-5-2-9-7-6(10-5)3-8-4-11(7)12/h2-4,10,12H,1H3. The highest BCUT2D eigenvalue weighted by Crippen LogP contribution is 2.10. The van der Waals surface area contributed by atoms with E-state index in [-0.39, 0.29) is 0 Å². The van der Waals surface area contributed by atoms with E-state index in [1.165, 1.54) is 6.34 Å². The Morgan fingerprint density at radius 3 is 3.17 bits per heavy atom. The summed E-state index contributed by atoms with van der Waals surface area (Å²) in [6.45, 7) is 1.89. The molecule has 2 aliphatic rings. The monoisotopic (exact) mass is 164 g/mol. The summed E-state index contributed by atoms with van der Waals surface area (Å²) in [7, 11) is 0. The minimum Gasteiger partial charge on any atom is -0.354 e. The number of nitrogens with zero attached hydrogens (tertiary/aromatic N) is 3. The molecule has 0 bridgehead atoms. The Kier molecular flexibility index (Phi) is 1.44. The maximum Gasteiger partial charge on any atom is 0.184 e. The largest absolute Gasteiger partial charge is 0.354 e. The van der Waals surface area contributed by atoms with E-state index in [9.17, 15) is 5.21 Å². The van der Waals surface area contributed by atoms with Gasteiger partial charge in [0.1, 0.15) is 12.0 Å². The Morgan fingerprint density at radius 1 is 1.50 bits per heavy atom. The Balaban J connectivity index is 2.40. The molecule has 0 saturated heterocycles. The first-order valence-corrected chi connectivity index (χ1v) is 3.51. The van der Waals surface area contributed by atoms with Crippen LogP contribution in [0.15, 0.2) is 33.8 Å². The third-order valence-corrected chi connectivity index (χ3v) is 1.55. The van der Waals surface area contributed by atoms with E-state index in [0.29, 0.717) is 11.5 Å². The highest BCUT2D eigenvalue weighted by atomic mass is 16.5. The summed E-state index contributed by atoms with van der Waals surface area (Å²) in [5.74, 6) is 0.468. The van der Waals surface area contributed by atoms with Gasteiger partial charge in [0.25, 0.3) is 0 Å². The fourth-order valence-electron chi connectivity index (χ4n) is 1.03. The van der Waals surface area contributed by atoms with E-state index >= 15 is 0 Å². The van der Waals surface area contributed by atoms with Gasteiger partial charge in [-0.1, -0.05) is 0 Å². The minimum absolute atomic E-state index is 0.468. The summed E-state index contributed by atoms with van der Waals surface area (Å²) in [6.07, 6.45) is 4.55. The number of hydrogen-bond donors (Lipinski definition) is 2. The molecule has 5 heteroatoms. The van der Waals surface area contributed by atoms with Crippen molar-refractivity contribution in [2.45, 2.75) is 6.92 Å². The molecular weight excluding hydrogens is 156 g/mol. The van der Waals surface area contributed by atoms with E-state index in [0.717, 1.165) is 10.8 Å². The fourth-order valence-corrected chi connectivity index (χ4v) is 1.03. The van der Waals surface area contributed by atoms with Crippen molar-refractivity contribution in [3.63, 3.8) is 0 Å². The summed E-state index contributed by atoms with van der Waals surface area (Å²) in [4.78, 5) is 7.82. The molecule has 0 aliphatic carbocycles. The van der Waals surface area contributed by atoms with Gasteiger partial charge in [0.2, 0.25) is 0 Å². The number of hydroxylamine groups is 2. The van der Waals surface area contributed by atoms with Gasteiger partial charge < -0.3 is 5.32 Å². The molecular formula is C7H8N4O. The van der Waals surface area contributed by atoms with Gasteiger partial charge >= 0.3 is 0 Å². The first kappa shape index (κ1) is 7.05. The van der Waals surface area contributed by atoms with Crippen molar-refractivity contribution in [2.75, 3.05) is 0 Å². The van der Waals surface area contributed by atoms with E-state index in [4.69, 9.17) is 0 Å². The summed E-state index contributed by atoms with van der Waals surface area (Å²) >= 11 is 0. The van der Waals surface area contributed by atoms with Crippen LogP contribution in [-0.2, 0) is 0 Å². The topological polar surface area (TPSA) is 60.2 Å². The maximum atomic E-state index is 9.23. The lowest BCUT2D eigenvalue weighted by atomic mass is 10.3. The average Bonchev–Trinajstić information content (AvgIpc) is 2.04. The number of allylic oxidation sites excluding steroid dienone is 1. The van der Waals surface area contributed by atoms with Crippen LogP contribution in [0.5, 0.6) is 0 Å². The lowest BCUT2D eigenvalue weighted by Gasteiger charge is -2.22. The second-order valence-electron chi connectivity index (χ2n) is 2.54. The molecule has 2 aliphatic heterocycles. The van der Waals surface area contributed by atoms with E-state index in [1.54, 1.807) is 12.4 Å². The van der Waals surface area contributed by atoms with Gasteiger partial charge in [0.05, 0.1) is 6.20 Å². The van der Waals surface area contributed by atoms with Crippen molar-refractivity contribution in [3.05, 3.63) is 23.8 Å². The van der Waals surface area contributed by atoms with Crippen LogP contribution < -0.4 is 5.32 Å². The van der Waals surface area contributed by atoms with Crippen LogP contribution in [-0.4, -0.2) is 22.4 Å². The van der Waals surface area contributed by atoms with Crippen molar-refractivity contribution < 1.29 is 5.21 Å². The number of nitrogens with one attached hydrogen (secondary N) is 1. The zero-order valence-corrected chi connectivity index (χ0v) is 6.52. The first-order chi connectivity index (χ1) is 5.77. The van der Waals surface area contributed by atoms with Crippen LogP contribution >= 0.6 is 0 Å². The van der Waals surface area contributed by atoms with Crippen molar-refractivity contribution in [1.82, 2.24) is 10.4 Å². The summed E-state index contributed by atoms with van der Waals surface area (Å²) in [5, 5.41) is 13.1. The van der Waals surface area contributed by atoms with Crippen molar-refractivity contribution >= 4 is 12.2 Å². The molecule has 0 radical (unpaired) electrons. The van der Waals surface area contributed by atoms with Gasteiger partial charge in [-0.25, -0.2) is 9.98 Å².